The average Bonchev–Trinajstić information content (AvgIpc) is 2.65. The van der Waals surface area contributed by atoms with Gasteiger partial charge in [0, 0.05) is 12.1 Å². The predicted molar refractivity (Wildman–Crippen MR) is 78.9 cm³/mol. The molecule has 2 heteroatoms. The van der Waals surface area contributed by atoms with Gasteiger partial charge in [-0.3, -0.25) is 4.90 Å². The van der Waals surface area contributed by atoms with E-state index in [-0.39, 0.29) is 0 Å². The summed E-state index contributed by atoms with van der Waals surface area (Å²) in [6.45, 7) is 8.45. The lowest BCUT2D eigenvalue weighted by Gasteiger charge is -2.40. The summed E-state index contributed by atoms with van der Waals surface area (Å²) >= 11 is 0. The van der Waals surface area contributed by atoms with Crippen molar-refractivity contribution in [1.29, 1.82) is 0 Å². The van der Waals surface area contributed by atoms with Crippen LogP contribution in [0.15, 0.2) is 0 Å². The minimum Gasteiger partial charge on any atom is -0.313 e. The van der Waals surface area contributed by atoms with Gasteiger partial charge < -0.3 is 5.32 Å². The van der Waals surface area contributed by atoms with Gasteiger partial charge in [-0.25, -0.2) is 0 Å². The number of nitrogens with zero attached hydrogens (tertiary/aromatic N) is 1. The Kier molecular flexibility index (Phi) is 5.97. The Morgan fingerprint density at radius 1 is 0.944 bits per heavy atom. The average molecular weight is 252 g/mol. The van der Waals surface area contributed by atoms with Gasteiger partial charge in [-0.15, -0.1) is 0 Å². The minimum absolute atomic E-state index is 0.766. The fraction of sp³-hybridized carbons (Fsp3) is 1.00. The van der Waals surface area contributed by atoms with Crippen LogP contribution < -0.4 is 5.32 Å². The number of hydrogen-bond acceptors (Lipinski definition) is 2. The van der Waals surface area contributed by atoms with E-state index in [1.54, 1.807) is 0 Å². The second kappa shape index (κ2) is 7.49. The molecule has 0 aromatic rings. The largest absolute Gasteiger partial charge is 0.313 e. The molecule has 0 aromatic carbocycles. The zero-order valence-electron chi connectivity index (χ0n) is 12.5. The van der Waals surface area contributed by atoms with Gasteiger partial charge in [0.2, 0.25) is 0 Å². The summed E-state index contributed by atoms with van der Waals surface area (Å²) in [7, 11) is 0. The summed E-state index contributed by atoms with van der Waals surface area (Å²) in [5.74, 6) is 0.996. The Bertz CT molecular complexity index is 227. The van der Waals surface area contributed by atoms with Crippen molar-refractivity contribution in [3.63, 3.8) is 0 Å². The zero-order valence-corrected chi connectivity index (χ0v) is 12.5. The number of likely N-dealkylation sites (N-methyl/N-ethyl adjacent to an activating group) is 1. The van der Waals surface area contributed by atoms with Crippen LogP contribution >= 0.6 is 0 Å². The molecular formula is C16H32N2. The fourth-order valence-corrected chi connectivity index (χ4v) is 3.98. The summed E-state index contributed by atoms with van der Waals surface area (Å²) in [5.41, 5.74) is 0. The van der Waals surface area contributed by atoms with Crippen molar-refractivity contribution in [2.45, 2.75) is 77.3 Å². The predicted octanol–water partition coefficient (Wildman–Crippen LogP) is 3.42. The van der Waals surface area contributed by atoms with E-state index in [0.717, 1.165) is 24.5 Å². The number of nitrogens with one attached hydrogen (secondary N) is 1. The van der Waals surface area contributed by atoms with E-state index >= 15 is 0 Å². The molecule has 1 aliphatic carbocycles. The third kappa shape index (κ3) is 3.71. The van der Waals surface area contributed by atoms with Gasteiger partial charge in [-0.2, -0.15) is 0 Å². The normalized spacial score (nSPS) is 35.3. The number of hydrogen-bond donors (Lipinski definition) is 1. The molecule has 1 saturated carbocycles. The lowest BCUT2D eigenvalue weighted by molar-refractivity contribution is 0.125. The Morgan fingerprint density at radius 3 is 2.56 bits per heavy atom. The second-order valence-corrected chi connectivity index (χ2v) is 6.26. The van der Waals surface area contributed by atoms with Crippen LogP contribution in [-0.2, 0) is 0 Å². The van der Waals surface area contributed by atoms with Crippen molar-refractivity contribution in [2.75, 3.05) is 19.6 Å². The number of rotatable bonds is 4. The second-order valence-electron chi connectivity index (χ2n) is 6.26. The van der Waals surface area contributed by atoms with Crippen molar-refractivity contribution in [3.8, 4) is 0 Å². The highest BCUT2D eigenvalue weighted by atomic mass is 15.2. The molecule has 1 heterocycles. The van der Waals surface area contributed by atoms with Crippen LogP contribution in [0.5, 0.6) is 0 Å². The molecule has 106 valence electrons. The van der Waals surface area contributed by atoms with Crippen LogP contribution in [0.25, 0.3) is 0 Å². The van der Waals surface area contributed by atoms with Crippen molar-refractivity contribution >= 4 is 0 Å². The molecule has 2 aliphatic rings. The fourth-order valence-electron chi connectivity index (χ4n) is 3.98. The van der Waals surface area contributed by atoms with Crippen LogP contribution in [0, 0.1) is 5.92 Å². The lowest BCUT2D eigenvalue weighted by Crippen LogP contribution is -2.52. The van der Waals surface area contributed by atoms with Crippen LogP contribution in [0.1, 0.15) is 65.2 Å². The molecule has 1 saturated heterocycles. The van der Waals surface area contributed by atoms with Crippen molar-refractivity contribution in [2.24, 2.45) is 5.92 Å². The third-order valence-corrected chi connectivity index (χ3v) is 5.12. The molecule has 3 unspecified atom stereocenters. The molecule has 0 radical (unpaired) electrons. The summed E-state index contributed by atoms with van der Waals surface area (Å²) in [4.78, 5) is 2.82. The first kappa shape index (κ1) is 14.3. The summed E-state index contributed by atoms with van der Waals surface area (Å²) in [5, 5.41) is 3.74. The van der Waals surface area contributed by atoms with Crippen molar-refractivity contribution in [3.05, 3.63) is 0 Å². The van der Waals surface area contributed by atoms with Gasteiger partial charge >= 0.3 is 0 Å². The Labute approximate surface area is 114 Å². The van der Waals surface area contributed by atoms with Crippen LogP contribution in [0.4, 0.5) is 0 Å². The molecule has 2 nitrogen and oxygen atoms in total. The topological polar surface area (TPSA) is 15.3 Å². The van der Waals surface area contributed by atoms with E-state index in [2.05, 4.69) is 24.1 Å². The van der Waals surface area contributed by atoms with E-state index in [4.69, 9.17) is 0 Å². The summed E-state index contributed by atoms with van der Waals surface area (Å²) in [6.07, 6.45) is 11.4. The highest BCUT2D eigenvalue weighted by molar-refractivity contribution is 4.89. The van der Waals surface area contributed by atoms with Gasteiger partial charge in [0.15, 0.2) is 0 Å². The minimum atomic E-state index is 0.766. The van der Waals surface area contributed by atoms with Gasteiger partial charge in [0.25, 0.3) is 0 Å². The molecule has 18 heavy (non-hydrogen) atoms. The SMILES string of the molecule is CCNC1CCCCC1N1CCCC(CC)CC1. The monoisotopic (exact) mass is 252 g/mol. The highest BCUT2D eigenvalue weighted by Crippen LogP contribution is 2.27. The van der Waals surface area contributed by atoms with E-state index in [0.29, 0.717) is 0 Å². The zero-order chi connectivity index (χ0) is 12.8. The molecular weight excluding hydrogens is 220 g/mol. The van der Waals surface area contributed by atoms with E-state index in [9.17, 15) is 0 Å². The Balaban J connectivity index is 1.91. The van der Waals surface area contributed by atoms with Crippen molar-refractivity contribution < 1.29 is 0 Å². The quantitative estimate of drug-likeness (QED) is 0.825. The number of likely N-dealkylation sites (tertiary alicyclic amines) is 1. The molecule has 1 N–H and O–H groups in total. The summed E-state index contributed by atoms with van der Waals surface area (Å²) < 4.78 is 0. The van der Waals surface area contributed by atoms with Crippen LogP contribution in [0.2, 0.25) is 0 Å². The van der Waals surface area contributed by atoms with Gasteiger partial charge in [-0.1, -0.05) is 33.1 Å². The molecule has 2 rings (SSSR count). The maximum absolute atomic E-state index is 3.74. The van der Waals surface area contributed by atoms with Gasteiger partial charge in [0.1, 0.15) is 0 Å². The maximum atomic E-state index is 3.74. The molecule has 2 fully saturated rings. The van der Waals surface area contributed by atoms with Crippen LogP contribution in [-0.4, -0.2) is 36.6 Å². The molecule has 1 aliphatic heterocycles. The first-order valence-corrected chi connectivity index (χ1v) is 8.32. The Morgan fingerprint density at radius 2 is 1.78 bits per heavy atom. The van der Waals surface area contributed by atoms with Gasteiger partial charge in [0.05, 0.1) is 0 Å². The Hall–Kier alpha value is -0.0800. The molecule has 3 atom stereocenters. The maximum Gasteiger partial charge on any atom is 0.0249 e. The highest BCUT2D eigenvalue weighted by Gasteiger charge is 2.30. The van der Waals surface area contributed by atoms with Crippen molar-refractivity contribution in [1.82, 2.24) is 10.2 Å². The van der Waals surface area contributed by atoms with E-state index in [1.807, 2.05) is 0 Å². The molecule has 0 amide bonds. The van der Waals surface area contributed by atoms with E-state index < -0.39 is 0 Å². The molecule has 0 bridgehead atoms. The first-order chi connectivity index (χ1) is 8.85. The molecule has 0 aromatic heterocycles. The summed E-state index contributed by atoms with van der Waals surface area (Å²) in [6, 6.07) is 1.59. The molecule has 0 spiro atoms. The van der Waals surface area contributed by atoms with Gasteiger partial charge in [-0.05, 0) is 57.7 Å². The lowest BCUT2D eigenvalue weighted by atomic mass is 9.89. The smallest absolute Gasteiger partial charge is 0.0249 e. The third-order valence-electron chi connectivity index (χ3n) is 5.12. The van der Waals surface area contributed by atoms with Crippen LogP contribution in [0.3, 0.4) is 0 Å². The standard InChI is InChI=1S/C16H32N2/c1-3-14-8-7-12-18(13-11-14)16-10-6-5-9-15(16)17-4-2/h14-17H,3-13H2,1-2H3. The first-order valence-electron chi connectivity index (χ1n) is 8.32. The van der Waals surface area contributed by atoms with E-state index in [1.165, 1.54) is 64.5 Å².